The highest BCUT2D eigenvalue weighted by atomic mass is 35.5. The fourth-order valence-electron chi connectivity index (χ4n) is 2.63. The molecule has 2 rings (SSSR count). The summed E-state index contributed by atoms with van der Waals surface area (Å²) in [7, 11) is 0. The number of aryl methyl sites for hydroxylation is 2. The first-order chi connectivity index (χ1) is 12.0. The first-order valence-electron chi connectivity index (χ1n) is 8.50. The van der Waals surface area contributed by atoms with Crippen LogP contribution in [0.1, 0.15) is 58.2 Å². The Labute approximate surface area is 160 Å². The summed E-state index contributed by atoms with van der Waals surface area (Å²) in [5.41, 5.74) is 5.72. The van der Waals surface area contributed by atoms with Crippen molar-refractivity contribution in [1.29, 1.82) is 0 Å². The maximum atomic E-state index is 13.2. The van der Waals surface area contributed by atoms with E-state index in [0.717, 1.165) is 11.1 Å². The highest BCUT2D eigenvalue weighted by molar-refractivity contribution is 6.31. The van der Waals surface area contributed by atoms with Crippen LogP contribution in [0.3, 0.4) is 0 Å². The van der Waals surface area contributed by atoms with Crippen molar-refractivity contribution in [3.05, 3.63) is 69.2 Å². The minimum atomic E-state index is -0.602. The molecular formula is C21H25ClN2O2. The number of carbonyl (C=O) groups excluding carboxylic acids is 2. The molecule has 0 aliphatic carbocycles. The molecule has 26 heavy (non-hydrogen) atoms. The van der Waals surface area contributed by atoms with Gasteiger partial charge in [0.1, 0.15) is 0 Å². The van der Waals surface area contributed by atoms with E-state index in [2.05, 4.69) is 5.43 Å². The van der Waals surface area contributed by atoms with Crippen LogP contribution in [0.5, 0.6) is 0 Å². The molecule has 0 saturated heterocycles. The third-order valence-corrected chi connectivity index (χ3v) is 4.63. The molecule has 0 unspecified atom stereocenters. The highest BCUT2D eigenvalue weighted by Gasteiger charge is 2.30. The van der Waals surface area contributed by atoms with Gasteiger partial charge in [0.05, 0.1) is 5.54 Å². The number of hydrazine groups is 1. The lowest BCUT2D eigenvalue weighted by molar-refractivity contribution is 0.0357. The fourth-order valence-corrected chi connectivity index (χ4v) is 2.80. The first-order valence-corrected chi connectivity index (χ1v) is 8.88. The van der Waals surface area contributed by atoms with Crippen LogP contribution in [-0.4, -0.2) is 22.4 Å². The van der Waals surface area contributed by atoms with E-state index < -0.39 is 5.54 Å². The fraction of sp³-hybridized carbons (Fsp3) is 0.333. The Morgan fingerprint density at radius 1 is 1.00 bits per heavy atom. The monoisotopic (exact) mass is 372 g/mol. The molecular weight excluding hydrogens is 348 g/mol. The zero-order valence-corrected chi connectivity index (χ0v) is 16.9. The zero-order chi connectivity index (χ0) is 19.6. The van der Waals surface area contributed by atoms with Crippen molar-refractivity contribution in [1.82, 2.24) is 10.4 Å². The lowest BCUT2D eigenvalue weighted by Gasteiger charge is -2.36. The molecule has 0 bridgehead atoms. The molecule has 2 amide bonds. The van der Waals surface area contributed by atoms with Crippen molar-refractivity contribution in [2.45, 2.75) is 47.1 Å². The molecule has 2 aromatic carbocycles. The van der Waals surface area contributed by atoms with Crippen LogP contribution in [0.4, 0.5) is 0 Å². The highest BCUT2D eigenvalue weighted by Crippen LogP contribution is 2.21. The van der Waals surface area contributed by atoms with Crippen LogP contribution in [0.15, 0.2) is 36.4 Å². The minimum absolute atomic E-state index is 0.244. The van der Waals surface area contributed by atoms with Gasteiger partial charge < -0.3 is 0 Å². The Kier molecular flexibility index (Phi) is 5.77. The third-order valence-electron chi connectivity index (χ3n) is 4.22. The van der Waals surface area contributed by atoms with E-state index >= 15 is 0 Å². The molecule has 5 heteroatoms. The van der Waals surface area contributed by atoms with Crippen LogP contribution in [0, 0.1) is 20.8 Å². The van der Waals surface area contributed by atoms with Crippen molar-refractivity contribution in [3.63, 3.8) is 0 Å². The average Bonchev–Trinajstić information content (AvgIpc) is 2.55. The number of carbonyl (C=O) groups is 2. The van der Waals surface area contributed by atoms with Gasteiger partial charge in [0.25, 0.3) is 11.8 Å². The molecule has 0 spiro atoms. The average molecular weight is 373 g/mol. The molecule has 138 valence electrons. The molecule has 0 saturated carbocycles. The summed E-state index contributed by atoms with van der Waals surface area (Å²) in [6.45, 7) is 11.2. The van der Waals surface area contributed by atoms with E-state index in [1.54, 1.807) is 25.1 Å². The summed E-state index contributed by atoms with van der Waals surface area (Å²) in [6, 6.07) is 10.9. The van der Waals surface area contributed by atoms with Gasteiger partial charge >= 0.3 is 0 Å². The van der Waals surface area contributed by atoms with Gasteiger partial charge in [-0.25, -0.2) is 5.01 Å². The van der Waals surface area contributed by atoms with E-state index in [9.17, 15) is 9.59 Å². The van der Waals surface area contributed by atoms with Crippen LogP contribution in [0.2, 0.25) is 5.02 Å². The number of nitrogens with one attached hydrogen (secondary N) is 1. The van der Waals surface area contributed by atoms with Crippen LogP contribution in [0.25, 0.3) is 0 Å². The molecule has 4 nitrogen and oxygen atoms in total. The Balaban J connectivity index is 2.40. The van der Waals surface area contributed by atoms with Crippen molar-refractivity contribution in [2.24, 2.45) is 0 Å². The largest absolute Gasteiger partial charge is 0.273 e. The van der Waals surface area contributed by atoms with E-state index in [-0.39, 0.29) is 11.8 Å². The SMILES string of the molecule is Cc1ccc(C)c(C(=O)N(NC(=O)c2cccc(Cl)c2C)C(C)(C)C)c1. The van der Waals surface area contributed by atoms with E-state index in [0.29, 0.717) is 21.7 Å². The van der Waals surface area contributed by atoms with Gasteiger partial charge in [-0.2, -0.15) is 0 Å². The minimum Gasteiger partial charge on any atom is -0.267 e. The smallest absolute Gasteiger partial charge is 0.267 e. The van der Waals surface area contributed by atoms with Crippen molar-refractivity contribution >= 4 is 23.4 Å². The Bertz CT molecular complexity index is 854. The quantitative estimate of drug-likeness (QED) is 0.766. The van der Waals surface area contributed by atoms with E-state index in [1.165, 1.54) is 5.01 Å². The van der Waals surface area contributed by atoms with Crippen molar-refractivity contribution < 1.29 is 9.59 Å². The molecule has 2 aromatic rings. The molecule has 1 N–H and O–H groups in total. The second kappa shape index (κ2) is 7.50. The maximum Gasteiger partial charge on any atom is 0.273 e. The second-order valence-electron chi connectivity index (χ2n) is 7.48. The van der Waals surface area contributed by atoms with Crippen LogP contribution < -0.4 is 5.43 Å². The molecule has 0 atom stereocenters. The van der Waals surface area contributed by atoms with E-state index in [4.69, 9.17) is 11.6 Å². The van der Waals surface area contributed by atoms with Gasteiger partial charge in [0.2, 0.25) is 0 Å². The number of amides is 2. The van der Waals surface area contributed by atoms with Gasteiger partial charge in [-0.05, 0) is 70.9 Å². The van der Waals surface area contributed by atoms with Crippen molar-refractivity contribution in [3.8, 4) is 0 Å². The summed E-state index contributed by atoms with van der Waals surface area (Å²) in [4.78, 5) is 26.0. The molecule has 0 radical (unpaired) electrons. The summed E-state index contributed by atoms with van der Waals surface area (Å²) in [5.74, 6) is -0.606. The summed E-state index contributed by atoms with van der Waals surface area (Å²) in [5, 5.41) is 1.90. The van der Waals surface area contributed by atoms with Gasteiger partial charge in [-0.15, -0.1) is 0 Å². The van der Waals surface area contributed by atoms with Crippen molar-refractivity contribution in [2.75, 3.05) is 0 Å². The Hall–Kier alpha value is -2.33. The van der Waals surface area contributed by atoms with Gasteiger partial charge in [0.15, 0.2) is 0 Å². The lowest BCUT2D eigenvalue weighted by Crippen LogP contribution is -2.56. The topological polar surface area (TPSA) is 49.4 Å². The van der Waals surface area contributed by atoms with Gasteiger partial charge in [-0.1, -0.05) is 35.4 Å². The van der Waals surface area contributed by atoms with Gasteiger partial charge in [-0.3, -0.25) is 15.0 Å². The number of hydrogen-bond donors (Lipinski definition) is 1. The molecule has 0 heterocycles. The number of nitrogens with zero attached hydrogens (tertiary/aromatic N) is 1. The molecule has 0 aromatic heterocycles. The number of rotatable bonds is 2. The second-order valence-corrected chi connectivity index (χ2v) is 7.89. The van der Waals surface area contributed by atoms with E-state index in [1.807, 2.05) is 52.8 Å². The lowest BCUT2D eigenvalue weighted by atomic mass is 10.0. The predicted molar refractivity (Wildman–Crippen MR) is 105 cm³/mol. The van der Waals surface area contributed by atoms with Gasteiger partial charge in [0, 0.05) is 16.1 Å². The normalized spacial score (nSPS) is 11.2. The predicted octanol–water partition coefficient (Wildman–Crippen LogP) is 4.85. The van der Waals surface area contributed by atoms with Crippen LogP contribution >= 0.6 is 11.6 Å². The maximum absolute atomic E-state index is 13.2. The third kappa shape index (κ3) is 4.25. The summed E-state index contributed by atoms with van der Waals surface area (Å²) < 4.78 is 0. The van der Waals surface area contributed by atoms with Crippen LogP contribution in [-0.2, 0) is 0 Å². The molecule has 0 aliphatic heterocycles. The number of halogens is 1. The summed E-state index contributed by atoms with van der Waals surface area (Å²) >= 11 is 6.12. The standard InChI is InChI=1S/C21H25ClN2O2/c1-13-10-11-14(2)17(12-13)20(26)24(21(4,5)6)23-19(25)16-8-7-9-18(22)15(16)3/h7-12H,1-6H3,(H,23,25). The Morgan fingerprint density at radius 3 is 2.27 bits per heavy atom. The number of hydrogen-bond acceptors (Lipinski definition) is 2. The summed E-state index contributed by atoms with van der Waals surface area (Å²) in [6.07, 6.45) is 0. The zero-order valence-electron chi connectivity index (χ0n) is 16.1. The molecule has 0 aliphatic rings. The Morgan fingerprint density at radius 2 is 1.65 bits per heavy atom. The molecule has 0 fully saturated rings. The number of benzene rings is 2. The first kappa shape index (κ1) is 20.0.